The fraction of sp³-hybridized carbons (Fsp3) is 0.308. The van der Waals surface area contributed by atoms with Crippen molar-refractivity contribution in [3.63, 3.8) is 0 Å². The number of carbonyl (C=O) groups is 2. The molecule has 0 bridgehead atoms. The van der Waals surface area contributed by atoms with E-state index in [1.54, 1.807) is 7.11 Å². The van der Waals surface area contributed by atoms with Gasteiger partial charge in [-0.3, -0.25) is 4.79 Å². The first-order valence-corrected chi connectivity index (χ1v) is 11.2. The van der Waals surface area contributed by atoms with Crippen molar-refractivity contribution in [2.45, 2.75) is 25.4 Å². The maximum atomic E-state index is 12.9. The van der Waals surface area contributed by atoms with Gasteiger partial charge in [-0.15, -0.1) is 0 Å². The van der Waals surface area contributed by atoms with Crippen LogP contribution in [0.25, 0.3) is 5.69 Å². The molecule has 0 radical (unpaired) electrons. The second kappa shape index (κ2) is 8.65. The standard InChI is InChI=1S/C26H28N4O3/c1-33-23-9-7-19(8-10-23)16-27-25(32)28-21-14-26(15-21)17-30(18-26)24(31)20-5-4-6-22(13-20)29-11-2-3-12-29/h2-13,21H,14-18H2,1H3,(H2,27,28,32). The van der Waals surface area contributed by atoms with Gasteiger partial charge >= 0.3 is 6.03 Å². The van der Waals surface area contributed by atoms with Gasteiger partial charge < -0.3 is 24.8 Å². The maximum absolute atomic E-state index is 12.9. The highest BCUT2D eigenvalue weighted by Gasteiger charge is 2.54. The highest BCUT2D eigenvalue weighted by atomic mass is 16.5. The quantitative estimate of drug-likeness (QED) is 0.610. The summed E-state index contributed by atoms with van der Waals surface area (Å²) in [6.07, 6.45) is 5.76. The Morgan fingerprint density at radius 3 is 2.45 bits per heavy atom. The predicted octanol–water partition coefficient (Wildman–Crippen LogP) is 3.59. The smallest absolute Gasteiger partial charge is 0.315 e. The lowest BCUT2D eigenvalue weighted by molar-refractivity contribution is -0.0585. The molecule has 2 aromatic carbocycles. The normalized spacial score (nSPS) is 16.6. The Morgan fingerprint density at radius 1 is 1.03 bits per heavy atom. The summed E-state index contributed by atoms with van der Waals surface area (Å²) in [4.78, 5) is 27.1. The molecule has 0 atom stereocenters. The van der Waals surface area contributed by atoms with Crippen LogP contribution in [-0.4, -0.2) is 47.6 Å². The zero-order valence-corrected chi connectivity index (χ0v) is 18.7. The number of methoxy groups -OCH3 is 1. The average molecular weight is 445 g/mol. The van der Waals surface area contributed by atoms with E-state index in [-0.39, 0.29) is 23.4 Å². The summed E-state index contributed by atoms with van der Waals surface area (Å²) in [6, 6.07) is 19.3. The van der Waals surface area contributed by atoms with Gasteiger partial charge in [-0.2, -0.15) is 0 Å². The van der Waals surface area contributed by atoms with E-state index in [0.717, 1.165) is 42.9 Å². The number of aromatic nitrogens is 1. The molecule has 2 aliphatic rings. The van der Waals surface area contributed by atoms with E-state index in [0.29, 0.717) is 12.1 Å². The third-order valence-electron chi connectivity index (χ3n) is 6.64. The van der Waals surface area contributed by atoms with Gasteiger partial charge in [0, 0.05) is 54.7 Å². The number of carbonyl (C=O) groups excluding carboxylic acids is 2. The largest absolute Gasteiger partial charge is 0.497 e. The first kappa shape index (κ1) is 21.1. The zero-order valence-electron chi connectivity index (χ0n) is 18.7. The number of hydrogen-bond acceptors (Lipinski definition) is 3. The molecule has 1 saturated carbocycles. The highest BCUT2D eigenvalue weighted by molar-refractivity contribution is 5.95. The highest BCUT2D eigenvalue weighted by Crippen LogP contribution is 2.48. The number of rotatable bonds is 6. The first-order chi connectivity index (χ1) is 16.0. The summed E-state index contributed by atoms with van der Waals surface area (Å²) in [7, 11) is 1.63. The van der Waals surface area contributed by atoms with Crippen molar-refractivity contribution in [3.05, 3.63) is 84.2 Å². The number of hydrogen-bond donors (Lipinski definition) is 2. The van der Waals surface area contributed by atoms with Crippen LogP contribution in [0.3, 0.4) is 0 Å². The monoisotopic (exact) mass is 444 g/mol. The molecular weight excluding hydrogens is 416 g/mol. The van der Waals surface area contributed by atoms with Crippen LogP contribution in [0.15, 0.2) is 73.1 Å². The fourth-order valence-electron chi connectivity index (χ4n) is 4.90. The zero-order chi connectivity index (χ0) is 22.8. The van der Waals surface area contributed by atoms with Crippen molar-refractivity contribution in [2.75, 3.05) is 20.2 Å². The molecule has 2 fully saturated rings. The second-order valence-electron chi connectivity index (χ2n) is 9.08. The summed E-state index contributed by atoms with van der Waals surface area (Å²) in [5.74, 6) is 0.868. The Hall–Kier alpha value is -3.74. The lowest BCUT2D eigenvalue weighted by Gasteiger charge is -2.59. The summed E-state index contributed by atoms with van der Waals surface area (Å²) >= 11 is 0. The molecule has 1 spiro atoms. The van der Waals surface area contributed by atoms with Crippen LogP contribution < -0.4 is 15.4 Å². The van der Waals surface area contributed by atoms with Gasteiger partial charge in [0.2, 0.25) is 0 Å². The number of urea groups is 1. The van der Waals surface area contributed by atoms with Crippen molar-refractivity contribution in [3.8, 4) is 11.4 Å². The summed E-state index contributed by atoms with van der Waals surface area (Å²) in [5, 5.41) is 5.96. The molecule has 3 amide bonds. The van der Waals surface area contributed by atoms with E-state index in [1.165, 1.54) is 0 Å². The third kappa shape index (κ3) is 4.44. The minimum atomic E-state index is -0.153. The molecule has 7 nitrogen and oxygen atoms in total. The molecule has 1 aliphatic heterocycles. The minimum absolute atomic E-state index is 0.0725. The van der Waals surface area contributed by atoms with Crippen LogP contribution in [0, 0.1) is 5.41 Å². The van der Waals surface area contributed by atoms with Crippen molar-refractivity contribution in [1.29, 1.82) is 0 Å². The lowest BCUT2D eigenvalue weighted by Crippen LogP contribution is -2.67. The Bertz CT molecular complexity index is 1130. The van der Waals surface area contributed by atoms with E-state index in [2.05, 4.69) is 10.6 Å². The number of likely N-dealkylation sites (tertiary alicyclic amines) is 1. The first-order valence-electron chi connectivity index (χ1n) is 11.2. The van der Waals surface area contributed by atoms with Gasteiger partial charge in [0.1, 0.15) is 5.75 Å². The van der Waals surface area contributed by atoms with Crippen molar-refractivity contribution < 1.29 is 14.3 Å². The summed E-state index contributed by atoms with van der Waals surface area (Å²) in [6.45, 7) is 1.98. The Morgan fingerprint density at radius 2 is 1.76 bits per heavy atom. The molecule has 2 N–H and O–H groups in total. The van der Waals surface area contributed by atoms with Gasteiger partial charge in [-0.05, 0) is 60.9 Å². The summed E-state index contributed by atoms with van der Waals surface area (Å²) < 4.78 is 7.14. The van der Waals surface area contributed by atoms with Crippen LogP contribution in [0.2, 0.25) is 0 Å². The Balaban J connectivity index is 1.06. The molecule has 1 saturated heterocycles. The Kier molecular flexibility index (Phi) is 5.54. The summed E-state index contributed by atoms with van der Waals surface area (Å²) in [5.41, 5.74) is 2.87. The van der Waals surface area contributed by atoms with Gasteiger partial charge in [0.25, 0.3) is 5.91 Å². The van der Waals surface area contributed by atoms with Crippen LogP contribution in [0.1, 0.15) is 28.8 Å². The third-order valence-corrected chi connectivity index (χ3v) is 6.64. The molecule has 2 heterocycles. The SMILES string of the molecule is COc1ccc(CNC(=O)NC2CC3(C2)CN(C(=O)c2cccc(-n4cccc4)c2)C3)cc1. The lowest BCUT2D eigenvalue weighted by atomic mass is 9.60. The second-order valence-corrected chi connectivity index (χ2v) is 9.08. The predicted molar refractivity (Wildman–Crippen MR) is 125 cm³/mol. The maximum Gasteiger partial charge on any atom is 0.315 e. The number of nitrogens with one attached hydrogen (secondary N) is 2. The molecule has 1 aliphatic carbocycles. The van der Waals surface area contributed by atoms with Gasteiger partial charge in [0.15, 0.2) is 0 Å². The molecule has 3 aromatic rings. The van der Waals surface area contributed by atoms with Crippen LogP contribution in [0.4, 0.5) is 4.79 Å². The van der Waals surface area contributed by atoms with E-state index >= 15 is 0 Å². The van der Waals surface area contributed by atoms with E-state index < -0.39 is 0 Å². The number of amides is 3. The van der Waals surface area contributed by atoms with Crippen LogP contribution >= 0.6 is 0 Å². The van der Waals surface area contributed by atoms with Gasteiger partial charge in [-0.25, -0.2) is 4.79 Å². The van der Waals surface area contributed by atoms with Gasteiger partial charge in [-0.1, -0.05) is 18.2 Å². The van der Waals surface area contributed by atoms with Crippen molar-refractivity contribution in [1.82, 2.24) is 20.1 Å². The van der Waals surface area contributed by atoms with E-state index in [4.69, 9.17) is 4.74 Å². The average Bonchev–Trinajstić information content (AvgIpc) is 3.33. The molecular formula is C26H28N4O3. The van der Waals surface area contributed by atoms with Crippen LogP contribution in [-0.2, 0) is 6.54 Å². The molecule has 1 aromatic heterocycles. The molecule has 170 valence electrons. The van der Waals surface area contributed by atoms with E-state index in [9.17, 15) is 9.59 Å². The molecule has 33 heavy (non-hydrogen) atoms. The number of nitrogens with zero attached hydrogens (tertiary/aromatic N) is 2. The topological polar surface area (TPSA) is 75.6 Å². The van der Waals surface area contributed by atoms with Gasteiger partial charge in [0.05, 0.1) is 7.11 Å². The number of benzene rings is 2. The number of ether oxygens (including phenoxy) is 1. The fourth-order valence-corrected chi connectivity index (χ4v) is 4.90. The van der Waals surface area contributed by atoms with Crippen LogP contribution in [0.5, 0.6) is 5.75 Å². The molecule has 7 heteroatoms. The van der Waals surface area contributed by atoms with E-state index in [1.807, 2.05) is 82.5 Å². The Labute approximate surface area is 193 Å². The minimum Gasteiger partial charge on any atom is -0.497 e. The molecule has 5 rings (SSSR count). The van der Waals surface area contributed by atoms with Crippen molar-refractivity contribution in [2.24, 2.45) is 5.41 Å². The molecule has 0 unspecified atom stereocenters. The van der Waals surface area contributed by atoms with Crippen molar-refractivity contribution >= 4 is 11.9 Å².